The molecule has 3 nitrogen and oxygen atoms in total. The number of nitrogens with zero attached hydrogens (tertiary/aromatic N) is 1. The predicted octanol–water partition coefficient (Wildman–Crippen LogP) is 3.30. The fourth-order valence-corrected chi connectivity index (χ4v) is 3.41. The van der Waals surface area contributed by atoms with Crippen LogP contribution >= 0.6 is 11.8 Å². The molecule has 108 valence electrons. The molecule has 2 aromatic rings. The van der Waals surface area contributed by atoms with Crippen molar-refractivity contribution in [2.75, 3.05) is 11.9 Å². The Kier molecular flexibility index (Phi) is 3.74. The van der Waals surface area contributed by atoms with Crippen LogP contribution in [0.25, 0.3) is 0 Å². The van der Waals surface area contributed by atoms with Crippen LogP contribution in [0.5, 0.6) is 0 Å². The first-order chi connectivity index (χ1) is 10.1. The minimum Gasteiger partial charge on any atom is -0.378 e. The number of rotatable bonds is 3. The molecular formula is C17H17NO2S. The molecule has 1 N–H and O–H groups in total. The van der Waals surface area contributed by atoms with E-state index in [0.29, 0.717) is 5.56 Å². The van der Waals surface area contributed by atoms with Crippen LogP contribution in [0.2, 0.25) is 0 Å². The molecule has 21 heavy (non-hydrogen) atoms. The summed E-state index contributed by atoms with van der Waals surface area (Å²) in [5.41, 5.74) is 4.05. The molecule has 2 aromatic carbocycles. The highest BCUT2D eigenvalue weighted by Gasteiger charge is 2.33. The van der Waals surface area contributed by atoms with Crippen LogP contribution in [0.15, 0.2) is 47.4 Å². The topological polar surface area (TPSA) is 40.5 Å². The van der Waals surface area contributed by atoms with Crippen LogP contribution in [0, 0.1) is 6.92 Å². The molecule has 0 fully saturated rings. The summed E-state index contributed by atoms with van der Waals surface area (Å²) >= 11 is 1.73. The first-order valence-corrected chi connectivity index (χ1v) is 7.83. The van der Waals surface area contributed by atoms with E-state index in [1.54, 1.807) is 18.8 Å². The maximum Gasteiger partial charge on any atom is 0.260 e. The normalized spacial score (nSPS) is 17.2. The number of carbonyl (C=O) groups is 1. The van der Waals surface area contributed by atoms with Gasteiger partial charge in [-0.15, -0.1) is 11.8 Å². The lowest BCUT2D eigenvalue weighted by atomic mass is 10.1. The summed E-state index contributed by atoms with van der Waals surface area (Å²) in [5, 5.41) is 9.85. The maximum absolute atomic E-state index is 11.8. The summed E-state index contributed by atoms with van der Waals surface area (Å²) in [6, 6.07) is 14.2. The SMILES string of the molecule is Cc1cccc(CSc2ccc3c(c2)N(C)C(=O)C3O)c1. The monoisotopic (exact) mass is 299 g/mol. The van der Waals surface area contributed by atoms with E-state index in [0.717, 1.165) is 16.3 Å². The second-order valence-corrected chi connectivity index (χ2v) is 6.35. The number of hydrogen-bond acceptors (Lipinski definition) is 3. The van der Waals surface area contributed by atoms with Crippen LogP contribution < -0.4 is 4.90 Å². The Morgan fingerprint density at radius 1 is 1.24 bits per heavy atom. The van der Waals surface area contributed by atoms with E-state index in [4.69, 9.17) is 0 Å². The van der Waals surface area contributed by atoms with Gasteiger partial charge in [0.15, 0.2) is 6.10 Å². The highest BCUT2D eigenvalue weighted by molar-refractivity contribution is 7.98. The van der Waals surface area contributed by atoms with E-state index in [9.17, 15) is 9.90 Å². The van der Waals surface area contributed by atoms with Gasteiger partial charge < -0.3 is 10.0 Å². The van der Waals surface area contributed by atoms with Crippen molar-refractivity contribution in [1.82, 2.24) is 0 Å². The minimum atomic E-state index is -1.01. The standard InChI is InChI=1S/C17H17NO2S/c1-11-4-3-5-12(8-11)10-21-13-6-7-14-15(9-13)18(2)17(20)16(14)19/h3-9,16,19H,10H2,1-2H3. The molecule has 0 saturated carbocycles. The summed E-state index contributed by atoms with van der Waals surface area (Å²) in [6.07, 6.45) is -1.01. The van der Waals surface area contributed by atoms with Crippen LogP contribution in [-0.2, 0) is 10.5 Å². The van der Waals surface area contributed by atoms with Crippen molar-refractivity contribution < 1.29 is 9.90 Å². The van der Waals surface area contributed by atoms with Crippen molar-refractivity contribution in [3.05, 3.63) is 59.2 Å². The number of likely N-dealkylation sites (N-methyl/N-ethyl adjacent to an activating group) is 1. The Hall–Kier alpha value is -1.78. The van der Waals surface area contributed by atoms with E-state index in [-0.39, 0.29) is 5.91 Å². The van der Waals surface area contributed by atoms with E-state index in [2.05, 4.69) is 31.2 Å². The average Bonchev–Trinajstić information content (AvgIpc) is 2.70. The largest absolute Gasteiger partial charge is 0.378 e. The number of aliphatic hydroxyl groups is 1. The van der Waals surface area contributed by atoms with Crippen molar-refractivity contribution in [1.29, 1.82) is 0 Å². The lowest BCUT2D eigenvalue weighted by Gasteiger charge is -2.11. The van der Waals surface area contributed by atoms with E-state index >= 15 is 0 Å². The Bertz CT molecular complexity index is 699. The third-order valence-corrected chi connectivity index (χ3v) is 4.78. The zero-order valence-corrected chi connectivity index (χ0v) is 12.9. The van der Waals surface area contributed by atoms with Gasteiger partial charge in [0.05, 0.1) is 5.69 Å². The minimum absolute atomic E-state index is 0.258. The number of fused-ring (bicyclic) bond motifs is 1. The number of aryl methyl sites for hydroxylation is 1. The predicted molar refractivity (Wildman–Crippen MR) is 85.6 cm³/mol. The number of aliphatic hydroxyl groups excluding tert-OH is 1. The van der Waals surface area contributed by atoms with E-state index < -0.39 is 6.10 Å². The lowest BCUT2D eigenvalue weighted by Crippen LogP contribution is -2.23. The molecule has 0 aromatic heterocycles. The molecule has 1 atom stereocenters. The van der Waals surface area contributed by atoms with Gasteiger partial charge in [-0.2, -0.15) is 0 Å². The van der Waals surface area contributed by atoms with E-state index in [1.165, 1.54) is 16.0 Å². The van der Waals surface area contributed by atoms with Crippen molar-refractivity contribution in [3.8, 4) is 0 Å². The summed E-state index contributed by atoms with van der Waals surface area (Å²) < 4.78 is 0. The van der Waals surface area contributed by atoms with Gasteiger partial charge in [0.2, 0.25) is 0 Å². The van der Waals surface area contributed by atoms with Gasteiger partial charge in [0.1, 0.15) is 0 Å². The van der Waals surface area contributed by atoms with E-state index in [1.807, 2.05) is 18.2 Å². The Balaban J connectivity index is 1.78. The van der Waals surface area contributed by atoms with Gasteiger partial charge in [-0.25, -0.2) is 0 Å². The number of thioether (sulfide) groups is 1. The van der Waals surface area contributed by atoms with Crippen LogP contribution in [0.3, 0.4) is 0 Å². The number of hydrogen-bond donors (Lipinski definition) is 1. The molecule has 0 bridgehead atoms. The van der Waals surface area contributed by atoms with Crippen LogP contribution in [0.4, 0.5) is 5.69 Å². The van der Waals surface area contributed by atoms with Crippen molar-refractivity contribution in [2.45, 2.75) is 23.7 Å². The van der Waals surface area contributed by atoms with Crippen LogP contribution in [-0.4, -0.2) is 18.1 Å². The molecule has 0 spiro atoms. The van der Waals surface area contributed by atoms with Gasteiger partial charge in [-0.3, -0.25) is 4.79 Å². The highest BCUT2D eigenvalue weighted by atomic mass is 32.2. The zero-order valence-electron chi connectivity index (χ0n) is 12.0. The van der Waals surface area contributed by atoms with Crippen molar-refractivity contribution >= 4 is 23.4 Å². The highest BCUT2D eigenvalue weighted by Crippen LogP contribution is 2.38. The summed E-state index contributed by atoms with van der Waals surface area (Å²) in [5.74, 6) is 0.631. The van der Waals surface area contributed by atoms with Crippen molar-refractivity contribution in [2.24, 2.45) is 0 Å². The lowest BCUT2D eigenvalue weighted by molar-refractivity contribution is -0.125. The van der Waals surface area contributed by atoms with Gasteiger partial charge in [0, 0.05) is 23.3 Å². The summed E-state index contributed by atoms with van der Waals surface area (Å²) in [7, 11) is 1.70. The molecule has 1 unspecified atom stereocenters. The second kappa shape index (κ2) is 5.54. The molecule has 0 saturated heterocycles. The first-order valence-electron chi connectivity index (χ1n) is 6.84. The molecule has 4 heteroatoms. The Labute approximate surface area is 128 Å². The molecular weight excluding hydrogens is 282 g/mol. The third-order valence-electron chi connectivity index (χ3n) is 3.71. The fraction of sp³-hybridized carbons (Fsp3) is 0.235. The van der Waals surface area contributed by atoms with Gasteiger partial charge in [0.25, 0.3) is 5.91 Å². The number of benzene rings is 2. The zero-order chi connectivity index (χ0) is 15.0. The van der Waals surface area contributed by atoms with Gasteiger partial charge in [-0.05, 0) is 24.6 Å². The number of carbonyl (C=O) groups excluding carboxylic acids is 1. The average molecular weight is 299 g/mol. The van der Waals surface area contributed by atoms with Crippen molar-refractivity contribution in [3.63, 3.8) is 0 Å². The molecule has 0 radical (unpaired) electrons. The quantitative estimate of drug-likeness (QED) is 0.884. The number of amides is 1. The molecule has 1 aliphatic heterocycles. The molecule has 3 rings (SSSR count). The molecule has 1 aliphatic rings. The smallest absolute Gasteiger partial charge is 0.260 e. The Morgan fingerprint density at radius 2 is 2.05 bits per heavy atom. The third kappa shape index (κ3) is 2.69. The summed E-state index contributed by atoms with van der Waals surface area (Å²) in [4.78, 5) is 14.4. The number of anilines is 1. The molecule has 0 aliphatic carbocycles. The van der Waals surface area contributed by atoms with Crippen LogP contribution in [0.1, 0.15) is 22.8 Å². The first kappa shape index (κ1) is 14.2. The maximum atomic E-state index is 11.8. The summed E-state index contributed by atoms with van der Waals surface area (Å²) in [6.45, 7) is 2.09. The Morgan fingerprint density at radius 3 is 2.81 bits per heavy atom. The second-order valence-electron chi connectivity index (χ2n) is 5.30. The molecule has 1 amide bonds. The van der Waals surface area contributed by atoms with Gasteiger partial charge in [-0.1, -0.05) is 35.9 Å². The van der Waals surface area contributed by atoms with Gasteiger partial charge >= 0.3 is 0 Å². The fourth-order valence-electron chi connectivity index (χ4n) is 2.54. The molecule has 1 heterocycles.